The third-order valence-corrected chi connectivity index (χ3v) is 3.59. The van der Waals surface area contributed by atoms with Gasteiger partial charge in [0.1, 0.15) is 5.60 Å². The number of benzene rings is 1. The molecule has 0 spiro atoms. The van der Waals surface area contributed by atoms with Crippen LogP contribution >= 0.6 is 11.6 Å². The van der Waals surface area contributed by atoms with Crippen LogP contribution in [0.25, 0.3) is 0 Å². The second kappa shape index (κ2) is 6.27. The summed E-state index contributed by atoms with van der Waals surface area (Å²) in [5.74, 6) is 6.46. The molecular formula is C16H21ClO. The Bertz CT molecular complexity index is 466. The summed E-state index contributed by atoms with van der Waals surface area (Å²) in [6.45, 7) is 7.96. The molecule has 1 rings (SSSR count). The lowest BCUT2D eigenvalue weighted by Gasteiger charge is -2.20. The summed E-state index contributed by atoms with van der Waals surface area (Å²) in [5, 5.41) is 10.9. The van der Waals surface area contributed by atoms with Gasteiger partial charge in [-0.3, -0.25) is 0 Å². The predicted molar refractivity (Wildman–Crippen MR) is 77.8 cm³/mol. The van der Waals surface area contributed by atoms with Crippen molar-refractivity contribution in [1.82, 2.24) is 0 Å². The van der Waals surface area contributed by atoms with E-state index in [4.69, 9.17) is 11.6 Å². The molecule has 0 aromatic heterocycles. The van der Waals surface area contributed by atoms with Gasteiger partial charge in [-0.2, -0.15) is 0 Å². The number of hydrogen-bond acceptors (Lipinski definition) is 1. The lowest BCUT2D eigenvalue weighted by Crippen LogP contribution is -2.24. The van der Waals surface area contributed by atoms with Crippen LogP contribution in [-0.4, -0.2) is 10.7 Å². The Labute approximate surface area is 115 Å². The summed E-state index contributed by atoms with van der Waals surface area (Å²) >= 11 is 6.04. The number of aliphatic hydroxyl groups is 1. The fraction of sp³-hybridized carbons (Fsp3) is 0.500. The third-order valence-electron chi connectivity index (χ3n) is 3.18. The van der Waals surface area contributed by atoms with Crippen molar-refractivity contribution in [3.8, 4) is 11.8 Å². The van der Waals surface area contributed by atoms with Crippen molar-refractivity contribution < 1.29 is 5.11 Å². The fourth-order valence-corrected chi connectivity index (χ4v) is 1.99. The fourth-order valence-electron chi connectivity index (χ4n) is 1.82. The van der Waals surface area contributed by atoms with E-state index in [1.54, 1.807) is 6.92 Å². The average Bonchev–Trinajstić information content (AvgIpc) is 2.30. The Morgan fingerprint density at radius 3 is 2.72 bits per heavy atom. The zero-order valence-electron chi connectivity index (χ0n) is 11.5. The molecule has 1 aromatic rings. The molecule has 1 aromatic carbocycles. The highest BCUT2D eigenvalue weighted by atomic mass is 35.5. The molecule has 0 bridgehead atoms. The normalized spacial score (nSPS) is 15.4. The number of rotatable bonds is 3. The minimum atomic E-state index is -0.940. The molecule has 0 radical (unpaired) electrons. The monoisotopic (exact) mass is 264 g/mol. The van der Waals surface area contributed by atoms with Crippen LogP contribution in [0.2, 0.25) is 5.02 Å². The van der Waals surface area contributed by atoms with Crippen LogP contribution in [0.4, 0.5) is 0 Å². The van der Waals surface area contributed by atoms with Crippen molar-refractivity contribution in [1.29, 1.82) is 0 Å². The molecule has 0 amide bonds. The summed E-state index contributed by atoms with van der Waals surface area (Å²) in [4.78, 5) is 0. The SMILES string of the molecule is CCC(C)CC(C)(O)C#Cc1cccc(Cl)c1C. The molecule has 2 heteroatoms. The maximum atomic E-state index is 10.2. The average molecular weight is 265 g/mol. The van der Waals surface area contributed by atoms with Gasteiger partial charge in [0, 0.05) is 10.6 Å². The molecule has 0 heterocycles. The van der Waals surface area contributed by atoms with Crippen LogP contribution in [0.15, 0.2) is 18.2 Å². The van der Waals surface area contributed by atoms with Gasteiger partial charge in [-0.25, -0.2) is 0 Å². The van der Waals surface area contributed by atoms with E-state index in [1.165, 1.54) is 0 Å². The molecule has 2 unspecified atom stereocenters. The Hall–Kier alpha value is -0.970. The Morgan fingerprint density at radius 1 is 1.44 bits per heavy atom. The van der Waals surface area contributed by atoms with E-state index in [1.807, 2.05) is 25.1 Å². The highest BCUT2D eigenvalue weighted by Gasteiger charge is 2.19. The van der Waals surface area contributed by atoms with E-state index in [-0.39, 0.29) is 0 Å². The standard InChI is InChI=1S/C16H21ClO/c1-5-12(2)11-16(4,18)10-9-14-7-6-8-15(17)13(14)3/h6-8,12,18H,5,11H2,1-4H3. The molecule has 0 saturated heterocycles. The first-order chi connectivity index (χ1) is 8.35. The largest absolute Gasteiger partial charge is 0.378 e. The van der Waals surface area contributed by atoms with E-state index in [2.05, 4.69) is 25.7 Å². The van der Waals surface area contributed by atoms with Gasteiger partial charge in [0.15, 0.2) is 0 Å². The second-order valence-corrected chi connectivity index (χ2v) is 5.56. The van der Waals surface area contributed by atoms with Gasteiger partial charge in [0.05, 0.1) is 0 Å². The van der Waals surface area contributed by atoms with E-state index >= 15 is 0 Å². The van der Waals surface area contributed by atoms with Gasteiger partial charge in [-0.05, 0) is 43.9 Å². The molecule has 0 fully saturated rings. The van der Waals surface area contributed by atoms with Crippen molar-refractivity contribution in [3.05, 3.63) is 34.3 Å². The quantitative estimate of drug-likeness (QED) is 0.812. The Kier molecular flexibility index (Phi) is 5.26. The zero-order valence-corrected chi connectivity index (χ0v) is 12.3. The minimum absolute atomic E-state index is 0.467. The summed E-state index contributed by atoms with van der Waals surface area (Å²) in [5.41, 5.74) is 0.905. The van der Waals surface area contributed by atoms with E-state index in [0.717, 1.165) is 17.5 Å². The molecule has 2 atom stereocenters. The van der Waals surface area contributed by atoms with E-state index in [0.29, 0.717) is 17.4 Å². The summed E-state index contributed by atoms with van der Waals surface area (Å²) < 4.78 is 0. The van der Waals surface area contributed by atoms with Gasteiger partial charge >= 0.3 is 0 Å². The Balaban J connectivity index is 2.90. The summed E-state index contributed by atoms with van der Waals surface area (Å²) in [6.07, 6.45) is 1.74. The van der Waals surface area contributed by atoms with Crippen molar-refractivity contribution in [3.63, 3.8) is 0 Å². The van der Waals surface area contributed by atoms with Crippen molar-refractivity contribution >= 4 is 11.6 Å². The van der Waals surface area contributed by atoms with Crippen LogP contribution in [-0.2, 0) is 0 Å². The maximum absolute atomic E-state index is 10.2. The smallest absolute Gasteiger partial charge is 0.123 e. The molecule has 0 aliphatic heterocycles. The van der Waals surface area contributed by atoms with E-state index < -0.39 is 5.60 Å². The van der Waals surface area contributed by atoms with Crippen LogP contribution in [0, 0.1) is 24.7 Å². The van der Waals surface area contributed by atoms with Gasteiger partial charge < -0.3 is 5.11 Å². The van der Waals surface area contributed by atoms with Crippen molar-refractivity contribution in [2.24, 2.45) is 5.92 Å². The third kappa shape index (κ3) is 4.37. The highest BCUT2D eigenvalue weighted by molar-refractivity contribution is 6.31. The first kappa shape index (κ1) is 15.1. The van der Waals surface area contributed by atoms with Crippen LogP contribution in [0.5, 0.6) is 0 Å². The van der Waals surface area contributed by atoms with Crippen LogP contribution in [0.1, 0.15) is 44.7 Å². The maximum Gasteiger partial charge on any atom is 0.123 e. The van der Waals surface area contributed by atoms with Gasteiger partial charge in [-0.15, -0.1) is 0 Å². The number of hydrogen-bond donors (Lipinski definition) is 1. The highest BCUT2D eigenvalue weighted by Crippen LogP contribution is 2.20. The molecule has 0 aliphatic carbocycles. The van der Waals surface area contributed by atoms with Gasteiger partial charge in [0.25, 0.3) is 0 Å². The first-order valence-corrected chi connectivity index (χ1v) is 6.74. The summed E-state index contributed by atoms with van der Waals surface area (Å²) in [6, 6.07) is 5.65. The molecule has 0 aliphatic rings. The Morgan fingerprint density at radius 2 is 2.11 bits per heavy atom. The topological polar surface area (TPSA) is 20.2 Å². The van der Waals surface area contributed by atoms with Crippen LogP contribution < -0.4 is 0 Å². The molecule has 1 N–H and O–H groups in total. The van der Waals surface area contributed by atoms with E-state index in [9.17, 15) is 5.11 Å². The number of halogens is 1. The predicted octanol–water partition coefficient (Wildman–Crippen LogP) is 4.19. The van der Waals surface area contributed by atoms with Gasteiger partial charge in [-0.1, -0.05) is 49.8 Å². The first-order valence-electron chi connectivity index (χ1n) is 6.36. The lowest BCUT2D eigenvalue weighted by atomic mass is 9.91. The molecular weight excluding hydrogens is 244 g/mol. The molecule has 18 heavy (non-hydrogen) atoms. The van der Waals surface area contributed by atoms with Crippen LogP contribution in [0.3, 0.4) is 0 Å². The lowest BCUT2D eigenvalue weighted by molar-refractivity contribution is 0.0939. The van der Waals surface area contributed by atoms with Crippen molar-refractivity contribution in [2.75, 3.05) is 0 Å². The summed E-state index contributed by atoms with van der Waals surface area (Å²) in [7, 11) is 0. The second-order valence-electron chi connectivity index (χ2n) is 5.15. The molecule has 98 valence electrons. The van der Waals surface area contributed by atoms with Crippen molar-refractivity contribution in [2.45, 2.75) is 46.1 Å². The minimum Gasteiger partial charge on any atom is -0.378 e. The molecule has 1 nitrogen and oxygen atoms in total. The van der Waals surface area contributed by atoms with Gasteiger partial charge in [0.2, 0.25) is 0 Å². The zero-order chi connectivity index (χ0) is 13.8. The molecule has 0 saturated carbocycles.